The van der Waals surface area contributed by atoms with Crippen molar-refractivity contribution in [1.29, 1.82) is 0 Å². The Bertz CT molecular complexity index is 612. The number of ether oxygens (including phenoxy) is 1. The van der Waals surface area contributed by atoms with Gasteiger partial charge in [0.2, 0.25) is 5.91 Å². The van der Waals surface area contributed by atoms with E-state index in [0.717, 1.165) is 43.7 Å². The first kappa shape index (κ1) is 22.0. The second-order valence-electron chi connectivity index (χ2n) is 9.06. The van der Waals surface area contributed by atoms with Crippen LogP contribution in [0.15, 0.2) is 0 Å². The first-order chi connectivity index (χ1) is 13.8. The molecule has 8 nitrogen and oxygen atoms in total. The highest BCUT2D eigenvalue weighted by Gasteiger charge is 2.55. The Labute approximate surface area is 173 Å². The van der Waals surface area contributed by atoms with E-state index in [-0.39, 0.29) is 30.4 Å². The van der Waals surface area contributed by atoms with Crippen LogP contribution in [0.4, 0.5) is 4.79 Å². The van der Waals surface area contributed by atoms with Gasteiger partial charge in [0.15, 0.2) is 0 Å². The molecule has 3 rings (SSSR count). The number of likely N-dealkylation sites (N-methyl/N-ethyl adjacent to an activating group) is 1. The summed E-state index contributed by atoms with van der Waals surface area (Å²) in [4.78, 5) is 43.4. The maximum absolute atomic E-state index is 13.0. The van der Waals surface area contributed by atoms with Crippen molar-refractivity contribution in [3.63, 3.8) is 0 Å². The van der Waals surface area contributed by atoms with Crippen LogP contribution in [-0.4, -0.2) is 90.6 Å². The van der Waals surface area contributed by atoms with E-state index >= 15 is 0 Å². The lowest BCUT2D eigenvalue weighted by Gasteiger charge is -2.36. The van der Waals surface area contributed by atoms with Gasteiger partial charge in [-0.25, -0.2) is 4.79 Å². The Balaban J connectivity index is 1.57. The lowest BCUT2D eigenvalue weighted by Crippen LogP contribution is -2.51. The Kier molecular flexibility index (Phi) is 7.16. The summed E-state index contributed by atoms with van der Waals surface area (Å²) < 4.78 is 5.44. The first-order valence-corrected chi connectivity index (χ1v) is 11.0. The lowest BCUT2D eigenvalue weighted by molar-refractivity contribution is -0.137. The van der Waals surface area contributed by atoms with Gasteiger partial charge in [-0.15, -0.1) is 0 Å². The maximum Gasteiger partial charge on any atom is 0.327 e. The van der Waals surface area contributed by atoms with Gasteiger partial charge in [-0.05, 0) is 25.2 Å². The van der Waals surface area contributed by atoms with E-state index in [9.17, 15) is 14.4 Å². The molecule has 1 aliphatic carbocycles. The highest BCUT2D eigenvalue weighted by Crippen LogP contribution is 2.39. The molecule has 0 aromatic carbocycles. The van der Waals surface area contributed by atoms with Crippen molar-refractivity contribution < 1.29 is 19.1 Å². The van der Waals surface area contributed by atoms with Gasteiger partial charge in [-0.2, -0.15) is 0 Å². The third-order valence-electron chi connectivity index (χ3n) is 6.63. The minimum atomic E-state index is -0.733. The number of hydrogen-bond acceptors (Lipinski definition) is 5. The Hall–Kier alpha value is -1.67. The molecule has 2 aliphatic heterocycles. The lowest BCUT2D eigenvalue weighted by atomic mass is 9.81. The molecule has 2 saturated heterocycles. The molecule has 1 saturated carbocycles. The van der Waals surface area contributed by atoms with Gasteiger partial charge in [0.1, 0.15) is 12.1 Å². The van der Waals surface area contributed by atoms with E-state index in [1.807, 2.05) is 0 Å². The summed E-state index contributed by atoms with van der Waals surface area (Å²) in [5, 5.41) is 2.97. The van der Waals surface area contributed by atoms with Crippen LogP contribution in [0.3, 0.4) is 0 Å². The van der Waals surface area contributed by atoms with Crippen molar-refractivity contribution in [3.05, 3.63) is 0 Å². The van der Waals surface area contributed by atoms with Gasteiger partial charge in [-0.3, -0.25) is 19.4 Å². The molecular weight excluding hydrogens is 372 g/mol. The van der Waals surface area contributed by atoms with Crippen LogP contribution in [0.5, 0.6) is 0 Å². The van der Waals surface area contributed by atoms with Crippen molar-refractivity contribution in [1.82, 2.24) is 20.0 Å². The number of imide groups is 1. The van der Waals surface area contributed by atoms with E-state index in [0.29, 0.717) is 38.5 Å². The molecule has 0 aromatic rings. The van der Waals surface area contributed by atoms with Gasteiger partial charge in [0.25, 0.3) is 5.91 Å². The monoisotopic (exact) mass is 408 g/mol. The smallest absolute Gasteiger partial charge is 0.327 e. The number of carbonyl (C=O) groups excluding carboxylic acids is 3. The molecule has 1 N–H and O–H groups in total. The summed E-state index contributed by atoms with van der Waals surface area (Å²) in [6, 6.07) is -0.112. The number of urea groups is 1. The highest BCUT2D eigenvalue weighted by atomic mass is 16.5. The number of hydrogen-bond donors (Lipinski definition) is 1. The molecule has 3 fully saturated rings. The molecule has 2 heterocycles. The molecule has 1 spiro atoms. The molecule has 8 heteroatoms. The predicted molar refractivity (Wildman–Crippen MR) is 109 cm³/mol. The van der Waals surface area contributed by atoms with Crippen LogP contribution in [0.1, 0.15) is 52.4 Å². The largest absolute Gasteiger partial charge is 0.379 e. The molecule has 0 bridgehead atoms. The van der Waals surface area contributed by atoms with Crippen LogP contribution in [-0.2, 0) is 14.3 Å². The highest BCUT2D eigenvalue weighted by molar-refractivity contribution is 6.08. The molecular formula is C21H36N4O4. The van der Waals surface area contributed by atoms with Gasteiger partial charge in [-0.1, -0.05) is 33.1 Å². The average Bonchev–Trinajstić information content (AvgIpc) is 2.88. The number of amides is 4. The summed E-state index contributed by atoms with van der Waals surface area (Å²) >= 11 is 0. The fourth-order valence-corrected chi connectivity index (χ4v) is 4.95. The van der Waals surface area contributed by atoms with Crippen molar-refractivity contribution in [3.8, 4) is 0 Å². The Morgan fingerprint density at radius 2 is 1.79 bits per heavy atom. The molecule has 0 radical (unpaired) electrons. The SMILES string of the molecule is CC(C)CC(CNC(=O)CN1C(=O)N(C)C2(CCCCC2)C1=O)N1CCOCC1. The fraction of sp³-hybridized carbons (Fsp3) is 0.857. The second-order valence-corrected chi connectivity index (χ2v) is 9.06. The number of morpholine rings is 1. The normalized spacial score (nSPS) is 23.9. The maximum atomic E-state index is 13.0. The van der Waals surface area contributed by atoms with Crippen LogP contribution >= 0.6 is 0 Å². The molecule has 4 amide bonds. The quantitative estimate of drug-likeness (QED) is 0.645. The third kappa shape index (κ3) is 4.74. The van der Waals surface area contributed by atoms with E-state index in [1.54, 1.807) is 11.9 Å². The molecule has 3 aliphatic rings. The first-order valence-electron chi connectivity index (χ1n) is 11.0. The standard InChI is InChI=1S/C21H36N4O4/c1-16(2)13-17(24-9-11-29-12-10-24)14-22-18(26)15-25-19(27)21(23(3)20(25)28)7-5-4-6-8-21/h16-17H,4-15H2,1-3H3,(H,22,26). The van der Waals surface area contributed by atoms with Crippen molar-refractivity contribution in [2.75, 3.05) is 46.4 Å². The molecule has 0 aromatic heterocycles. The zero-order valence-electron chi connectivity index (χ0n) is 18.1. The summed E-state index contributed by atoms with van der Waals surface area (Å²) in [5.41, 5.74) is -0.733. The van der Waals surface area contributed by atoms with Crippen molar-refractivity contribution in [2.45, 2.75) is 64.0 Å². The van der Waals surface area contributed by atoms with Crippen molar-refractivity contribution in [2.24, 2.45) is 5.92 Å². The van der Waals surface area contributed by atoms with Gasteiger partial charge in [0.05, 0.1) is 13.2 Å². The Morgan fingerprint density at radius 3 is 2.41 bits per heavy atom. The van der Waals surface area contributed by atoms with E-state index in [1.165, 1.54) is 0 Å². The summed E-state index contributed by atoms with van der Waals surface area (Å²) in [6.45, 7) is 7.84. The average molecular weight is 409 g/mol. The van der Waals surface area contributed by atoms with Crippen LogP contribution in [0.2, 0.25) is 0 Å². The summed E-state index contributed by atoms with van der Waals surface area (Å²) in [5.74, 6) is 0.0445. The number of nitrogens with zero attached hydrogens (tertiary/aromatic N) is 3. The predicted octanol–water partition coefficient (Wildman–Crippen LogP) is 1.45. The zero-order valence-corrected chi connectivity index (χ0v) is 18.1. The van der Waals surface area contributed by atoms with E-state index in [4.69, 9.17) is 4.74 Å². The minimum Gasteiger partial charge on any atom is -0.379 e. The minimum absolute atomic E-state index is 0.193. The number of nitrogens with one attached hydrogen (secondary N) is 1. The topological polar surface area (TPSA) is 82.2 Å². The number of rotatable bonds is 7. The van der Waals surface area contributed by atoms with Gasteiger partial charge < -0.3 is 15.0 Å². The van der Waals surface area contributed by atoms with E-state index in [2.05, 4.69) is 24.1 Å². The second kappa shape index (κ2) is 9.43. The molecule has 164 valence electrons. The van der Waals surface area contributed by atoms with Gasteiger partial charge >= 0.3 is 6.03 Å². The Morgan fingerprint density at radius 1 is 1.14 bits per heavy atom. The van der Waals surface area contributed by atoms with Crippen LogP contribution in [0.25, 0.3) is 0 Å². The zero-order chi connectivity index (χ0) is 21.0. The van der Waals surface area contributed by atoms with Crippen molar-refractivity contribution >= 4 is 17.8 Å². The van der Waals surface area contributed by atoms with Gasteiger partial charge in [0, 0.05) is 32.7 Å². The fourth-order valence-electron chi connectivity index (χ4n) is 4.95. The number of carbonyl (C=O) groups is 3. The molecule has 1 atom stereocenters. The summed E-state index contributed by atoms with van der Waals surface area (Å²) in [6.07, 6.45) is 5.35. The van der Waals surface area contributed by atoms with Crippen LogP contribution in [0, 0.1) is 5.92 Å². The van der Waals surface area contributed by atoms with E-state index < -0.39 is 5.54 Å². The summed E-state index contributed by atoms with van der Waals surface area (Å²) in [7, 11) is 1.69. The molecule has 1 unspecified atom stereocenters. The van der Waals surface area contributed by atoms with Crippen LogP contribution < -0.4 is 5.32 Å². The molecule has 29 heavy (non-hydrogen) atoms. The third-order valence-corrected chi connectivity index (χ3v) is 6.63.